The van der Waals surface area contributed by atoms with Gasteiger partial charge in [-0.3, -0.25) is 0 Å². The normalized spacial score (nSPS) is 15.3. The Bertz CT molecular complexity index is 334. The largest absolute Gasteiger partial charge is 0.397 e. The molecule has 1 aliphatic carbocycles. The molecule has 0 bridgehead atoms. The molecule has 1 aromatic carbocycles. The van der Waals surface area contributed by atoms with Gasteiger partial charge in [0, 0.05) is 11.0 Å². The summed E-state index contributed by atoms with van der Waals surface area (Å²) in [4.78, 5) is 0. The highest BCUT2D eigenvalue weighted by Crippen LogP contribution is 2.33. The minimum absolute atomic E-state index is 0.824. The third-order valence-corrected chi connectivity index (χ3v) is 3.31. The predicted molar refractivity (Wildman–Crippen MR) is 69.0 cm³/mol. The molecule has 1 saturated carbocycles. The first-order valence-corrected chi connectivity index (χ1v) is 6.34. The third kappa shape index (κ3) is 3.42. The van der Waals surface area contributed by atoms with E-state index in [4.69, 9.17) is 5.73 Å². The van der Waals surface area contributed by atoms with Crippen molar-refractivity contribution in [1.29, 1.82) is 0 Å². The average Bonchev–Trinajstić information content (AvgIpc) is 3.01. The third-order valence-electron chi connectivity index (χ3n) is 2.82. The van der Waals surface area contributed by atoms with Gasteiger partial charge in [0.2, 0.25) is 0 Å². The molecule has 1 aromatic rings. The van der Waals surface area contributed by atoms with Crippen molar-refractivity contribution in [2.45, 2.75) is 25.7 Å². The molecule has 0 spiro atoms. The second kappa shape index (κ2) is 4.88. The number of hydrogen-bond acceptors (Lipinski definition) is 2. The van der Waals surface area contributed by atoms with Gasteiger partial charge in [-0.2, -0.15) is 0 Å². The Morgan fingerprint density at radius 2 is 2.20 bits per heavy atom. The van der Waals surface area contributed by atoms with Crippen molar-refractivity contribution in [2.24, 2.45) is 5.92 Å². The molecule has 82 valence electrons. The Labute approximate surface area is 99.4 Å². The highest BCUT2D eigenvalue weighted by Gasteiger charge is 2.19. The van der Waals surface area contributed by atoms with E-state index in [0.29, 0.717) is 0 Å². The summed E-state index contributed by atoms with van der Waals surface area (Å²) in [5.41, 5.74) is 7.73. The van der Waals surface area contributed by atoms with Gasteiger partial charge >= 0.3 is 0 Å². The van der Waals surface area contributed by atoms with Crippen LogP contribution in [0.25, 0.3) is 0 Å². The molecule has 0 amide bonds. The topological polar surface area (TPSA) is 38.0 Å². The lowest BCUT2D eigenvalue weighted by Gasteiger charge is -2.09. The maximum atomic E-state index is 5.86. The standard InChI is InChI=1S/C12H17BrN2/c13-10-5-6-11(14)12(8-10)15-7-1-2-9-3-4-9/h5-6,8-9,15H,1-4,7,14H2. The fraction of sp³-hybridized carbons (Fsp3) is 0.500. The predicted octanol–water partition coefficient (Wildman–Crippen LogP) is 3.63. The lowest BCUT2D eigenvalue weighted by atomic mass is 10.2. The van der Waals surface area contributed by atoms with E-state index in [0.717, 1.165) is 28.3 Å². The molecule has 15 heavy (non-hydrogen) atoms. The number of halogens is 1. The van der Waals surface area contributed by atoms with Crippen LogP contribution in [0.2, 0.25) is 0 Å². The maximum absolute atomic E-state index is 5.86. The number of anilines is 2. The van der Waals surface area contributed by atoms with Crippen molar-refractivity contribution >= 4 is 27.3 Å². The highest BCUT2D eigenvalue weighted by molar-refractivity contribution is 9.10. The molecule has 0 heterocycles. The number of nitrogen functional groups attached to an aromatic ring is 1. The summed E-state index contributed by atoms with van der Waals surface area (Å²) in [6.07, 6.45) is 5.50. The van der Waals surface area contributed by atoms with E-state index in [1.54, 1.807) is 0 Å². The van der Waals surface area contributed by atoms with Crippen LogP contribution in [0.15, 0.2) is 22.7 Å². The van der Waals surface area contributed by atoms with Crippen LogP contribution in [0.4, 0.5) is 11.4 Å². The molecule has 2 rings (SSSR count). The zero-order valence-electron chi connectivity index (χ0n) is 8.80. The molecule has 0 unspecified atom stereocenters. The minimum Gasteiger partial charge on any atom is -0.397 e. The molecule has 3 heteroatoms. The number of nitrogens with two attached hydrogens (primary N) is 1. The number of nitrogens with one attached hydrogen (secondary N) is 1. The van der Waals surface area contributed by atoms with Crippen LogP contribution in [0, 0.1) is 5.92 Å². The van der Waals surface area contributed by atoms with Gasteiger partial charge in [-0.1, -0.05) is 28.8 Å². The van der Waals surface area contributed by atoms with E-state index in [9.17, 15) is 0 Å². The SMILES string of the molecule is Nc1ccc(Br)cc1NCCCC1CC1. The van der Waals surface area contributed by atoms with E-state index in [-0.39, 0.29) is 0 Å². The Morgan fingerprint density at radius 1 is 1.40 bits per heavy atom. The summed E-state index contributed by atoms with van der Waals surface area (Å²) >= 11 is 3.44. The Hall–Kier alpha value is -0.700. The van der Waals surface area contributed by atoms with E-state index < -0.39 is 0 Å². The van der Waals surface area contributed by atoms with Crippen molar-refractivity contribution in [3.8, 4) is 0 Å². The molecular weight excluding hydrogens is 252 g/mol. The van der Waals surface area contributed by atoms with E-state index in [1.807, 2.05) is 18.2 Å². The lowest BCUT2D eigenvalue weighted by molar-refractivity contribution is 0.687. The van der Waals surface area contributed by atoms with E-state index >= 15 is 0 Å². The summed E-state index contributed by atoms with van der Waals surface area (Å²) in [5, 5.41) is 3.38. The first-order chi connectivity index (χ1) is 7.25. The zero-order valence-corrected chi connectivity index (χ0v) is 10.4. The molecule has 3 N–H and O–H groups in total. The van der Waals surface area contributed by atoms with Crippen LogP contribution in [-0.2, 0) is 0 Å². The monoisotopic (exact) mass is 268 g/mol. The first-order valence-electron chi connectivity index (χ1n) is 5.54. The van der Waals surface area contributed by atoms with Crippen LogP contribution in [-0.4, -0.2) is 6.54 Å². The van der Waals surface area contributed by atoms with Crippen LogP contribution in [0.5, 0.6) is 0 Å². The van der Waals surface area contributed by atoms with Gasteiger partial charge in [-0.15, -0.1) is 0 Å². The highest BCUT2D eigenvalue weighted by atomic mass is 79.9. The van der Waals surface area contributed by atoms with Crippen molar-refractivity contribution in [3.63, 3.8) is 0 Å². The van der Waals surface area contributed by atoms with Crippen molar-refractivity contribution in [3.05, 3.63) is 22.7 Å². The summed E-state index contributed by atoms with van der Waals surface area (Å²) < 4.78 is 1.07. The van der Waals surface area contributed by atoms with Gasteiger partial charge in [-0.05, 0) is 37.0 Å². The second-order valence-corrected chi connectivity index (χ2v) is 5.16. The van der Waals surface area contributed by atoms with Gasteiger partial charge in [-0.25, -0.2) is 0 Å². The average molecular weight is 269 g/mol. The van der Waals surface area contributed by atoms with Gasteiger partial charge in [0.1, 0.15) is 0 Å². The number of benzene rings is 1. The number of hydrogen-bond donors (Lipinski definition) is 2. The smallest absolute Gasteiger partial charge is 0.0585 e. The quantitative estimate of drug-likeness (QED) is 0.632. The van der Waals surface area contributed by atoms with Crippen molar-refractivity contribution in [1.82, 2.24) is 0 Å². The Morgan fingerprint density at radius 3 is 2.93 bits per heavy atom. The van der Waals surface area contributed by atoms with Crippen LogP contribution in [0.1, 0.15) is 25.7 Å². The summed E-state index contributed by atoms with van der Waals surface area (Å²) in [6, 6.07) is 5.92. The Kier molecular flexibility index (Phi) is 3.52. The van der Waals surface area contributed by atoms with E-state index in [2.05, 4.69) is 21.2 Å². The minimum atomic E-state index is 0.824. The number of rotatable bonds is 5. The first kappa shape index (κ1) is 10.8. The fourth-order valence-electron chi connectivity index (χ4n) is 1.70. The molecule has 0 aromatic heterocycles. The van der Waals surface area contributed by atoms with Gasteiger partial charge in [0.05, 0.1) is 11.4 Å². The van der Waals surface area contributed by atoms with Crippen LogP contribution in [0.3, 0.4) is 0 Å². The van der Waals surface area contributed by atoms with Crippen molar-refractivity contribution < 1.29 is 0 Å². The van der Waals surface area contributed by atoms with Crippen molar-refractivity contribution in [2.75, 3.05) is 17.6 Å². The molecule has 0 radical (unpaired) electrons. The fourth-order valence-corrected chi connectivity index (χ4v) is 2.06. The van der Waals surface area contributed by atoms with Gasteiger partial charge in [0.25, 0.3) is 0 Å². The van der Waals surface area contributed by atoms with Gasteiger partial charge < -0.3 is 11.1 Å². The molecule has 0 atom stereocenters. The zero-order chi connectivity index (χ0) is 10.7. The lowest BCUT2D eigenvalue weighted by Crippen LogP contribution is -2.04. The van der Waals surface area contributed by atoms with E-state index in [1.165, 1.54) is 25.7 Å². The van der Waals surface area contributed by atoms with Crippen LogP contribution < -0.4 is 11.1 Å². The second-order valence-electron chi connectivity index (χ2n) is 4.24. The molecule has 0 aliphatic heterocycles. The summed E-state index contributed by atoms with van der Waals surface area (Å²) in [6.45, 7) is 1.02. The molecular formula is C12H17BrN2. The van der Waals surface area contributed by atoms with Gasteiger partial charge in [0.15, 0.2) is 0 Å². The summed E-state index contributed by atoms with van der Waals surface area (Å²) in [7, 11) is 0. The molecule has 2 nitrogen and oxygen atoms in total. The molecule has 1 aliphatic rings. The molecule has 1 fully saturated rings. The molecule has 0 saturated heterocycles. The summed E-state index contributed by atoms with van der Waals surface area (Å²) in [5.74, 6) is 1.02. The maximum Gasteiger partial charge on any atom is 0.0585 e. The van der Waals surface area contributed by atoms with Crippen LogP contribution >= 0.6 is 15.9 Å². The Balaban J connectivity index is 1.78.